The van der Waals surface area contributed by atoms with Crippen LogP contribution in [0.3, 0.4) is 0 Å². The van der Waals surface area contributed by atoms with Crippen LogP contribution in [0, 0.1) is 11.8 Å². The molecule has 2 aromatic rings. The molecule has 3 N–H and O–H groups in total. The van der Waals surface area contributed by atoms with Crippen molar-refractivity contribution < 1.29 is 29.0 Å². The summed E-state index contributed by atoms with van der Waals surface area (Å²) in [5, 5.41) is 14.6. The highest BCUT2D eigenvalue weighted by atomic mass is 16.5. The average Bonchev–Trinajstić information content (AvgIpc) is 3.48. The minimum atomic E-state index is -0.887. The molecule has 0 aromatic heterocycles. The first kappa shape index (κ1) is 22.4. The van der Waals surface area contributed by atoms with Crippen molar-refractivity contribution >= 4 is 18.0 Å². The van der Waals surface area contributed by atoms with Gasteiger partial charge in [0.2, 0.25) is 5.91 Å². The predicted molar refractivity (Wildman–Crippen MR) is 123 cm³/mol. The Hall–Kier alpha value is -3.39. The number of hydrogen-bond acceptors (Lipinski definition) is 5. The molecule has 34 heavy (non-hydrogen) atoms. The van der Waals surface area contributed by atoms with Gasteiger partial charge in [-0.1, -0.05) is 48.5 Å². The van der Waals surface area contributed by atoms with Gasteiger partial charge in [-0.15, -0.1) is 0 Å². The number of hydrogen-bond donors (Lipinski definition) is 3. The van der Waals surface area contributed by atoms with E-state index in [0.717, 1.165) is 35.1 Å². The molecule has 3 atom stereocenters. The molecule has 2 aromatic carbocycles. The Bertz CT molecular complexity index is 1050. The quantitative estimate of drug-likeness (QED) is 0.554. The van der Waals surface area contributed by atoms with Crippen LogP contribution in [0.1, 0.15) is 36.3 Å². The van der Waals surface area contributed by atoms with Crippen molar-refractivity contribution in [3.8, 4) is 11.1 Å². The molecule has 0 radical (unpaired) electrons. The molecule has 5 rings (SSSR count). The summed E-state index contributed by atoms with van der Waals surface area (Å²) in [5.74, 6) is -1.69. The summed E-state index contributed by atoms with van der Waals surface area (Å²) in [7, 11) is 0. The van der Waals surface area contributed by atoms with Gasteiger partial charge in [0.05, 0.1) is 18.6 Å². The molecule has 8 nitrogen and oxygen atoms in total. The Kier molecular flexibility index (Phi) is 6.24. The zero-order valence-electron chi connectivity index (χ0n) is 18.7. The molecule has 1 saturated carbocycles. The molecule has 3 aliphatic rings. The molecule has 2 fully saturated rings. The molecule has 3 unspecified atom stereocenters. The summed E-state index contributed by atoms with van der Waals surface area (Å²) in [5.41, 5.74) is 4.57. The highest BCUT2D eigenvalue weighted by molar-refractivity contribution is 5.86. The number of benzene rings is 2. The number of carboxylic acid groups (broad SMARTS) is 1. The Labute approximate surface area is 197 Å². The van der Waals surface area contributed by atoms with E-state index in [1.807, 2.05) is 24.3 Å². The van der Waals surface area contributed by atoms with E-state index >= 15 is 0 Å². The SMILES string of the molecule is O=C(NC(C(=O)NCC1CC(C(=O)O)CO1)C1CC1)OCC1c2ccccc2-c2ccccc21. The summed E-state index contributed by atoms with van der Waals surface area (Å²) in [6, 6.07) is 15.6. The van der Waals surface area contributed by atoms with Crippen LogP contribution in [-0.2, 0) is 19.1 Å². The lowest BCUT2D eigenvalue weighted by molar-refractivity contribution is -0.141. The lowest BCUT2D eigenvalue weighted by Crippen LogP contribution is -2.49. The van der Waals surface area contributed by atoms with E-state index in [4.69, 9.17) is 14.6 Å². The second kappa shape index (κ2) is 9.46. The first-order valence-electron chi connectivity index (χ1n) is 11.7. The van der Waals surface area contributed by atoms with Crippen LogP contribution >= 0.6 is 0 Å². The predicted octanol–water partition coefficient (Wildman–Crippen LogP) is 2.91. The molecule has 178 valence electrons. The largest absolute Gasteiger partial charge is 0.481 e. The number of alkyl carbamates (subject to hydrolysis) is 1. The van der Waals surface area contributed by atoms with Gasteiger partial charge in [0.1, 0.15) is 12.6 Å². The molecule has 1 saturated heterocycles. The van der Waals surface area contributed by atoms with Crippen LogP contribution < -0.4 is 10.6 Å². The lowest BCUT2D eigenvalue weighted by Gasteiger charge is -2.20. The summed E-state index contributed by atoms with van der Waals surface area (Å²) in [6.45, 7) is 0.559. The second-order valence-electron chi connectivity index (χ2n) is 9.26. The summed E-state index contributed by atoms with van der Waals surface area (Å²) < 4.78 is 11.1. The van der Waals surface area contributed by atoms with Gasteiger partial charge in [0, 0.05) is 12.5 Å². The smallest absolute Gasteiger partial charge is 0.407 e. The van der Waals surface area contributed by atoms with Crippen molar-refractivity contribution in [2.45, 2.75) is 37.3 Å². The van der Waals surface area contributed by atoms with Gasteiger partial charge in [-0.25, -0.2) is 4.79 Å². The van der Waals surface area contributed by atoms with Gasteiger partial charge in [0.25, 0.3) is 0 Å². The molecule has 1 aliphatic heterocycles. The number of fused-ring (bicyclic) bond motifs is 3. The monoisotopic (exact) mass is 464 g/mol. The van der Waals surface area contributed by atoms with Crippen molar-refractivity contribution in [1.29, 1.82) is 0 Å². The first-order chi connectivity index (χ1) is 16.5. The number of amides is 2. The van der Waals surface area contributed by atoms with Gasteiger partial charge >= 0.3 is 12.1 Å². The third kappa shape index (κ3) is 4.63. The van der Waals surface area contributed by atoms with Gasteiger partial charge in [-0.3, -0.25) is 9.59 Å². The normalized spacial score (nSPS) is 21.9. The van der Waals surface area contributed by atoms with Crippen molar-refractivity contribution in [2.24, 2.45) is 11.8 Å². The molecule has 2 amide bonds. The number of ether oxygens (including phenoxy) is 2. The first-order valence-corrected chi connectivity index (χ1v) is 11.7. The van der Waals surface area contributed by atoms with Crippen LogP contribution in [-0.4, -0.2) is 55.0 Å². The van der Waals surface area contributed by atoms with Crippen molar-refractivity contribution in [2.75, 3.05) is 19.8 Å². The molecular weight excluding hydrogens is 436 g/mol. The summed E-state index contributed by atoms with van der Waals surface area (Å²) in [6.07, 6.45) is 1.14. The molecule has 8 heteroatoms. The highest BCUT2D eigenvalue weighted by Gasteiger charge is 2.39. The Morgan fingerprint density at radius 1 is 1.03 bits per heavy atom. The zero-order valence-corrected chi connectivity index (χ0v) is 18.7. The maximum Gasteiger partial charge on any atom is 0.407 e. The number of aliphatic carboxylic acids is 1. The van der Waals surface area contributed by atoms with E-state index in [0.29, 0.717) is 6.42 Å². The van der Waals surface area contributed by atoms with E-state index in [9.17, 15) is 14.4 Å². The minimum absolute atomic E-state index is 0.0481. The van der Waals surface area contributed by atoms with Crippen LogP contribution in [0.2, 0.25) is 0 Å². The van der Waals surface area contributed by atoms with Crippen molar-refractivity contribution in [3.05, 3.63) is 59.7 Å². The Morgan fingerprint density at radius 3 is 2.26 bits per heavy atom. The third-order valence-electron chi connectivity index (χ3n) is 6.93. The lowest BCUT2D eigenvalue weighted by atomic mass is 9.98. The minimum Gasteiger partial charge on any atom is -0.481 e. The Balaban J connectivity index is 1.16. The highest BCUT2D eigenvalue weighted by Crippen LogP contribution is 2.44. The Morgan fingerprint density at radius 2 is 1.68 bits per heavy atom. The van der Waals surface area contributed by atoms with E-state index in [-0.39, 0.29) is 43.6 Å². The second-order valence-corrected chi connectivity index (χ2v) is 9.26. The van der Waals surface area contributed by atoms with Gasteiger partial charge in [-0.2, -0.15) is 0 Å². The molecule has 0 spiro atoms. The summed E-state index contributed by atoms with van der Waals surface area (Å²) in [4.78, 5) is 36.5. The number of rotatable bonds is 8. The van der Waals surface area contributed by atoms with Crippen LogP contribution in [0.15, 0.2) is 48.5 Å². The fourth-order valence-corrected chi connectivity index (χ4v) is 4.94. The molecule has 0 bridgehead atoms. The maximum absolute atomic E-state index is 12.8. The topological polar surface area (TPSA) is 114 Å². The third-order valence-corrected chi connectivity index (χ3v) is 6.93. The molecule has 1 heterocycles. The van der Waals surface area contributed by atoms with Crippen LogP contribution in [0.25, 0.3) is 11.1 Å². The fourth-order valence-electron chi connectivity index (χ4n) is 4.94. The van der Waals surface area contributed by atoms with Crippen LogP contribution in [0.4, 0.5) is 4.79 Å². The number of carboxylic acids is 1. The standard InChI is InChI=1S/C26H28N2O6/c29-24(27-12-17-11-16(13-33-17)25(30)31)23(15-9-10-15)28-26(32)34-14-22-20-7-3-1-5-18(20)19-6-2-4-8-21(19)22/h1-8,15-17,22-23H,9-14H2,(H,27,29)(H,28,32)(H,30,31). The van der Waals surface area contributed by atoms with E-state index < -0.39 is 24.0 Å². The fraction of sp³-hybridized carbons (Fsp3) is 0.423. The molecular formula is C26H28N2O6. The van der Waals surface area contributed by atoms with E-state index in [1.54, 1.807) is 0 Å². The van der Waals surface area contributed by atoms with Gasteiger partial charge in [-0.05, 0) is 47.4 Å². The number of carbonyl (C=O) groups is 3. The van der Waals surface area contributed by atoms with E-state index in [1.165, 1.54) is 0 Å². The number of nitrogens with one attached hydrogen (secondary N) is 2. The van der Waals surface area contributed by atoms with Crippen molar-refractivity contribution in [1.82, 2.24) is 10.6 Å². The average molecular weight is 465 g/mol. The molecule has 2 aliphatic carbocycles. The zero-order chi connectivity index (χ0) is 23.7. The summed E-state index contributed by atoms with van der Waals surface area (Å²) >= 11 is 0. The number of carbonyl (C=O) groups excluding carboxylic acids is 2. The van der Waals surface area contributed by atoms with Crippen LogP contribution in [0.5, 0.6) is 0 Å². The van der Waals surface area contributed by atoms with Gasteiger partial charge in [0.15, 0.2) is 0 Å². The van der Waals surface area contributed by atoms with Crippen molar-refractivity contribution in [3.63, 3.8) is 0 Å². The van der Waals surface area contributed by atoms with E-state index in [2.05, 4.69) is 34.9 Å². The van der Waals surface area contributed by atoms with Gasteiger partial charge < -0.3 is 25.2 Å². The maximum atomic E-state index is 12.8.